The molecule has 19 heavy (non-hydrogen) atoms. The Morgan fingerprint density at radius 2 is 1.63 bits per heavy atom. The van der Waals surface area contributed by atoms with Crippen molar-refractivity contribution in [1.82, 2.24) is 4.90 Å². The Labute approximate surface area is 112 Å². The maximum Gasteiger partial charge on any atom is 0.253 e. The number of carbonyl (C=O) groups excluding carboxylic acids is 2. The Morgan fingerprint density at radius 1 is 1.16 bits per heavy atom. The maximum absolute atomic E-state index is 12.2. The van der Waals surface area contributed by atoms with Crippen LogP contribution in [-0.2, 0) is 0 Å². The first-order chi connectivity index (χ1) is 8.89. The average molecular weight is 262 g/mol. The molecule has 0 unspecified atom stereocenters. The van der Waals surface area contributed by atoms with Gasteiger partial charge >= 0.3 is 0 Å². The predicted octanol–water partition coefficient (Wildman–Crippen LogP) is 0.772. The fourth-order valence-corrected chi connectivity index (χ4v) is 2.15. The van der Waals surface area contributed by atoms with Gasteiger partial charge in [-0.25, -0.2) is 0 Å². The van der Waals surface area contributed by atoms with E-state index < -0.39 is 11.5 Å². The number of carbonyl (C=O) groups is 2. The molecule has 1 aliphatic heterocycles. The second-order valence-electron chi connectivity index (χ2n) is 5.23. The highest BCUT2D eigenvalue weighted by Gasteiger charge is 2.29. The van der Waals surface area contributed by atoms with E-state index in [0.29, 0.717) is 37.1 Å². The summed E-state index contributed by atoms with van der Waals surface area (Å²) in [5.74, 6) is -0.584. The highest BCUT2D eigenvalue weighted by atomic mass is 16.3. The van der Waals surface area contributed by atoms with Gasteiger partial charge in [0.1, 0.15) is 0 Å². The molecule has 1 fully saturated rings. The van der Waals surface area contributed by atoms with Crippen LogP contribution in [0.25, 0.3) is 0 Å². The number of amides is 2. The van der Waals surface area contributed by atoms with Crippen LogP contribution >= 0.6 is 0 Å². The third-order valence-electron chi connectivity index (χ3n) is 3.54. The van der Waals surface area contributed by atoms with Crippen molar-refractivity contribution in [3.05, 3.63) is 35.4 Å². The number of hydrogen-bond donors (Lipinski definition) is 2. The molecule has 0 aliphatic carbocycles. The quantitative estimate of drug-likeness (QED) is 0.825. The van der Waals surface area contributed by atoms with Crippen LogP contribution in [0.5, 0.6) is 0 Å². The molecule has 1 saturated heterocycles. The van der Waals surface area contributed by atoms with Crippen molar-refractivity contribution >= 4 is 11.8 Å². The number of benzene rings is 1. The first-order valence-corrected chi connectivity index (χ1v) is 6.31. The minimum Gasteiger partial charge on any atom is -0.390 e. The van der Waals surface area contributed by atoms with Gasteiger partial charge in [-0.1, -0.05) is 0 Å². The number of hydrogen-bond acceptors (Lipinski definition) is 3. The van der Waals surface area contributed by atoms with E-state index in [1.807, 2.05) is 0 Å². The van der Waals surface area contributed by atoms with Gasteiger partial charge < -0.3 is 15.7 Å². The first-order valence-electron chi connectivity index (χ1n) is 6.31. The fourth-order valence-electron chi connectivity index (χ4n) is 2.15. The van der Waals surface area contributed by atoms with Crippen molar-refractivity contribution in [3.63, 3.8) is 0 Å². The highest BCUT2D eigenvalue weighted by Crippen LogP contribution is 2.22. The van der Waals surface area contributed by atoms with Gasteiger partial charge in [-0.2, -0.15) is 0 Å². The van der Waals surface area contributed by atoms with Crippen LogP contribution in [0.1, 0.15) is 40.5 Å². The maximum atomic E-state index is 12.2. The number of nitrogens with two attached hydrogens (primary N) is 1. The van der Waals surface area contributed by atoms with Crippen LogP contribution in [0, 0.1) is 0 Å². The van der Waals surface area contributed by atoms with Gasteiger partial charge in [0.15, 0.2) is 0 Å². The van der Waals surface area contributed by atoms with E-state index in [-0.39, 0.29) is 5.91 Å². The number of rotatable bonds is 2. The molecule has 2 rings (SSSR count). The molecule has 3 N–H and O–H groups in total. The van der Waals surface area contributed by atoms with Gasteiger partial charge in [0.2, 0.25) is 5.91 Å². The molecule has 1 aliphatic rings. The number of likely N-dealkylation sites (tertiary alicyclic amines) is 1. The summed E-state index contributed by atoms with van der Waals surface area (Å²) in [7, 11) is 0. The van der Waals surface area contributed by atoms with E-state index in [9.17, 15) is 14.7 Å². The van der Waals surface area contributed by atoms with Crippen LogP contribution in [0.15, 0.2) is 24.3 Å². The zero-order valence-electron chi connectivity index (χ0n) is 10.9. The first kappa shape index (κ1) is 13.5. The molecule has 0 radical (unpaired) electrons. The number of aliphatic hydroxyl groups is 1. The van der Waals surface area contributed by atoms with Gasteiger partial charge in [0.25, 0.3) is 5.91 Å². The zero-order valence-corrected chi connectivity index (χ0v) is 10.9. The van der Waals surface area contributed by atoms with Crippen LogP contribution in [0.2, 0.25) is 0 Å². The smallest absolute Gasteiger partial charge is 0.253 e. The van der Waals surface area contributed by atoms with Gasteiger partial charge in [-0.3, -0.25) is 9.59 Å². The van der Waals surface area contributed by atoms with Crippen molar-refractivity contribution in [2.75, 3.05) is 13.1 Å². The summed E-state index contributed by atoms with van der Waals surface area (Å²) < 4.78 is 0. The summed E-state index contributed by atoms with van der Waals surface area (Å²) in [6.07, 6.45) is 1.16. The van der Waals surface area contributed by atoms with Crippen molar-refractivity contribution in [2.24, 2.45) is 5.73 Å². The van der Waals surface area contributed by atoms with Crippen molar-refractivity contribution in [2.45, 2.75) is 25.4 Å². The molecule has 1 heterocycles. The van der Waals surface area contributed by atoms with Crippen LogP contribution in [0.3, 0.4) is 0 Å². The number of piperidine rings is 1. The average Bonchev–Trinajstić information content (AvgIpc) is 2.38. The standard InChI is InChI=1S/C14H18N2O3/c1-14(19)6-8-16(9-7-14)13(18)11-4-2-10(3-5-11)12(15)17/h2-5,19H,6-9H2,1H3,(H2,15,17). The van der Waals surface area contributed by atoms with E-state index in [4.69, 9.17) is 5.73 Å². The van der Waals surface area contributed by atoms with Gasteiger partial charge in [0, 0.05) is 24.2 Å². The topological polar surface area (TPSA) is 83.6 Å². The summed E-state index contributed by atoms with van der Waals surface area (Å²) in [5.41, 5.74) is 5.40. The fraction of sp³-hybridized carbons (Fsp3) is 0.429. The highest BCUT2D eigenvalue weighted by molar-refractivity contribution is 5.97. The normalized spacial score (nSPS) is 18.1. The molecular weight excluding hydrogens is 244 g/mol. The molecular formula is C14H18N2O3. The zero-order chi connectivity index (χ0) is 14.0. The number of nitrogens with zero attached hydrogens (tertiary/aromatic N) is 1. The predicted molar refractivity (Wildman–Crippen MR) is 70.7 cm³/mol. The molecule has 0 spiro atoms. The molecule has 5 heteroatoms. The molecule has 0 atom stereocenters. The van der Waals surface area contributed by atoms with Crippen molar-refractivity contribution in [1.29, 1.82) is 0 Å². The van der Waals surface area contributed by atoms with E-state index in [1.54, 1.807) is 36.1 Å². The van der Waals surface area contributed by atoms with E-state index in [2.05, 4.69) is 0 Å². The lowest BCUT2D eigenvalue weighted by atomic mass is 9.93. The third-order valence-corrected chi connectivity index (χ3v) is 3.54. The Balaban J connectivity index is 2.06. The van der Waals surface area contributed by atoms with Gasteiger partial charge in [0.05, 0.1) is 5.60 Å². The second-order valence-corrected chi connectivity index (χ2v) is 5.23. The summed E-state index contributed by atoms with van der Waals surface area (Å²) in [6.45, 7) is 2.88. The van der Waals surface area contributed by atoms with E-state index >= 15 is 0 Å². The van der Waals surface area contributed by atoms with Crippen molar-refractivity contribution < 1.29 is 14.7 Å². The van der Waals surface area contributed by atoms with E-state index in [1.165, 1.54) is 0 Å². The molecule has 0 saturated carbocycles. The Bertz CT molecular complexity index is 484. The molecule has 2 amide bonds. The van der Waals surface area contributed by atoms with Gasteiger partial charge in [-0.05, 0) is 44.0 Å². The van der Waals surface area contributed by atoms with E-state index in [0.717, 1.165) is 0 Å². The van der Waals surface area contributed by atoms with Gasteiger partial charge in [-0.15, -0.1) is 0 Å². The Hall–Kier alpha value is -1.88. The van der Waals surface area contributed by atoms with Crippen LogP contribution in [-0.4, -0.2) is 40.5 Å². The molecule has 1 aromatic carbocycles. The minimum atomic E-state index is -0.674. The summed E-state index contributed by atoms with van der Waals surface area (Å²) in [5, 5.41) is 9.85. The summed E-state index contributed by atoms with van der Waals surface area (Å²) in [6, 6.07) is 6.32. The lowest BCUT2D eigenvalue weighted by Gasteiger charge is -2.35. The SMILES string of the molecule is CC1(O)CCN(C(=O)c2ccc(C(N)=O)cc2)CC1. The third kappa shape index (κ3) is 3.12. The summed E-state index contributed by atoms with van der Waals surface area (Å²) >= 11 is 0. The second kappa shape index (κ2) is 5.01. The minimum absolute atomic E-state index is 0.0773. The summed E-state index contributed by atoms with van der Waals surface area (Å²) in [4.78, 5) is 24.9. The lowest BCUT2D eigenvalue weighted by molar-refractivity contribution is -0.00203. The molecule has 5 nitrogen and oxygen atoms in total. The Morgan fingerprint density at radius 3 is 2.11 bits per heavy atom. The van der Waals surface area contributed by atoms with Crippen molar-refractivity contribution in [3.8, 4) is 0 Å². The lowest BCUT2D eigenvalue weighted by Crippen LogP contribution is -2.45. The molecule has 102 valence electrons. The molecule has 0 bridgehead atoms. The largest absolute Gasteiger partial charge is 0.390 e. The molecule has 0 aromatic heterocycles. The Kier molecular flexibility index (Phi) is 3.57. The van der Waals surface area contributed by atoms with Crippen LogP contribution < -0.4 is 5.73 Å². The number of primary amides is 1. The van der Waals surface area contributed by atoms with Crippen LogP contribution in [0.4, 0.5) is 0 Å². The molecule has 1 aromatic rings. The monoisotopic (exact) mass is 262 g/mol.